The second-order valence-electron chi connectivity index (χ2n) is 7.41. The van der Waals surface area contributed by atoms with Crippen LogP contribution in [0.15, 0.2) is 0 Å². The lowest BCUT2D eigenvalue weighted by atomic mass is 9.94. The van der Waals surface area contributed by atoms with Crippen molar-refractivity contribution in [3.63, 3.8) is 0 Å². The topological polar surface area (TPSA) is 113 Å². The summed E-state index contributed by atoms with van der Waals surface area (Å²) in [5, 5.41) is 5.40. The van der Waals surface area contributed by atoms with Crippen molar-refractivity contribution in [3.8, 4) is 0 Å². The fourth-order valence-corrected chi connectivity index (χ4v) is 4.33. The van der Waals surface area contributed by atoms with E-state index in [0.29, 0.717) is 25.9 Å². The van der Waals surface area contributed by atoms with Gasteiger partial charge in [0.2, 0.25) is 17.7 Å². The minimum absolute atomic E-state index is 0.00846. The molecule has 2 unspecified atom stereocenters. The average Bonchev–Trinajstić information content (AvgIpc) is 2.90. The Morgan fingerprint density at radius 2 is 1.86 bits per heavy atom. The van der Waals surface area contributed by atoms with Crippen LogP contribution in [0.2, 0.25) is 0 Å². The number of hydrogen-bond donors (Lipinski definition) is 2. The Morgan fingerprint density at radius 1 is 1.14 bits per heavy atom. The Morgan fingerprint density at radius 3 is 2.45 bits per heavy atom. The van der Waals surface area contributed by atoms with Gasteiger partial charge in [0.05, 0.1) is 11.2 Å². The fourth-order valence-electron chi connectivity index (χ4n) is 3.12. The van der Waals surface area contributed by atoms with Gasteiger partial charge in [0.1, 0.15) is 11.6 Å². The standard InChI is InChI=1S/C20H33N3O5S/c1-14(24)11-15(19(27)22-9-8-21-2)12-16(25)7-5-4-6-10-29-17-13-18(26)23(3)20(17)28/h15,17,21H,4-13H2,1-3H3,(H,22,27). The lowest BCUT2D eigenvalue weighted by Crippen LogP contribution is -2.36. The highest BCUT2D eigenvalue weighted by atomic mass is 32.2. The number of likely N-dealkylation sites (tertiary alicyclic amines) is 1. The molecule has 0 spiro atoms. The molecule has 29 heavy (non-hydrogen) atoms. The van der Waals surface area contributed by atoms with Gasteiger partial charge >= 0.3 is 0 Å². The van der Waals surface area contributed by atoms with Gasteiger partial charge in [-0.1, -0.05) is 6.42 Å². The number of rotatable bonds is 15. The summed E-state index contributed by atoms with van der Waals surface area (Å²) >= 11 is 1.50. The minimum atomic E-state index is -0.602. The van der Waals surface area contributed by atoms with Crippen LogP contribution in [0.5, 0.6) is 0 Å². The number of thioether (sulfide) groups is 1. The van der Waals surface area contributed by atoms with Crippen molar-refractivity contribution < 1.29 is 24.0 Å². The van der Waals surface area contributed by atoms with Crippen LogP contribution < -0.4 is 10.6 Å². The molecule has 0 aromatic rings. The number of hydrogen-bond acceptors (Lipinski definition) is 7. The van der Waals surface area contributed by atoms with E-state index in [2.05, 4.69) is 10.6 Å². The second-order valence-corrected chi connectivity index (χ2v) is 8.72. The average molecular weight is 428 g/mol. The summed E-state index contributed by atoms with van der Waals surface area (Å²) in [7, 11) is 3.29. The number of nitrogens with zero attached hydrogens (tertiary/aromatic N) is 1. The smallest absolute Gasteiger partial charge is 0.242 e. The van der Waals surface area contributed by atoms with E-state index >= 15 is 0 Å². The van der Waals surface area contributed by atoms with Gasteiger partial charge in [0.15, 0.2) is 0 Å². The number of Topliss-reactive ketones (excluding diaryl/α,β-unsaturated/α-hetero) is 2. The predicted octanol–water partition coefficient (Wildman–Crippen LogP) is 0.927. The molecule has 1 aliphatic rings. The Kier molecular flexibility index (Phi) is 11.8. The van der Waals surface area contributed by atoms with E-state index in [9.17, 15) is 24.0 Å². The van der Waals surface area contributed by atoms with Gasteiger partial charge in [0.25, 0.3) is 0 Å². The molecular weight excluding hydrogens is 394 g/mol. The largest absolute Gasteiger partial charge is 0.355 e. The van der Waals surface area contributed by atoms with Gasteiger partial charge in [-0.15, -0.1) is 11.8 Å². The molecule has 164 valence electrons. The summed E-state index contributed by atoms with van der Waals surface area (Å²) in [4.78, 5) is 60.3. The first-order chi connectivity index (χ1) is 13.8. The molecule has 0 aromatic heterocycles. The predicted molar refractivity (Wildman–Crippen MR) is 112 cm³/mol. The van der Waals surface area contributed by atoms with E-state index in [0.717, 1.165) is 18.6 Å². The van der Waals surface area contributed by atoms with E-state index in [-0.39, 0.29) is 53.8 Å². The molecule has 1 saturated heterocycles. The summed E-state index contributed by atoms with van der Waals surface area (Å²) < 4.78 is 0. The molecule has 3 amide bonds. The van der Waals surface area contributed by atoms with Crippen LogP contribution in [0.4, 0.5) is 0 Å². The van der Waals surface area contributed by atoms with Crippen molar-refractivity contribution in [2.75, 3.05) is 32.9 Å². The first-order valence-electron chi connectivity index (χ1n) is 10.1. The molecule has 1 fully saturated rings. The molecule has 0 aliphatic carbocycles. The van der Waals surface area contributed by atoms with E-state index < -0.39 is 5.92 Å². The van der Waals surface area contributed by atoms with Gasteiger partial charge in [-0.25, -0.2) is 0 Å². The van der Waals surface area contributed by atoms with Crippen LogP contribution in [0, 0.1) is 5.92 Å². The quantitative estimate of drug-likeness (QED) is 0.295. The molecule has 2 atom stereocenters. The molecule has 1 heterocycles. The number of likely N-dealkylation sites (N-methyl/N-ethyl adjacent to an activating group) is 1. The third-order valence-electron chi connectivity index (χ3n) is 4.81. The summed E-state index contributed by atoms with van der Waals surface area (Å²) in [6.07, 6.45) is 3.24. The molecule has 0 bridgehead atoms. The van der Waals surface area contributed by atoms with E-state index in [1.165, 1.54) is 30.6 Å². The highest BCUT2D eigenvalue weighted by molar-refractivity contribution is 8.00. The van der Waals surface area contributed by atoms with Crippen LogP contribution in [-0.2, 0) is 24.0 Å². The highest BCUT2D eigenvalue weighted by Crippen LogP contribution is 2.25. The molecule has 0 aromatic carbocycles. The normalized spacial score (nSPS) is 17.5. The highest BCUT2D eigenvalue weighted by Gasteiger charge is 2.35. The van der Waals surface area contributed by atoms with Crippen molar-refractivity contribution in [2.24, 2.45) is 5.92 Å². The number of amides is 3. The van der Waals surface area contributed by atoms with Crippen molar-refractivity contribution in [3.05, 3.63) is 0 Å². The van der Waals surface area contributed by atoms with E-state index in [1.807, 2.05) is 0 Å². The molecule has 1 aliphatic heterocycles. The minimum Gasteiger partial charge on any atom is -0.355 e. The zero-order valence-electron chi connectivity index (χ0n) is 17.6. The molecule has 0 radical (unpaired) electrons. The van der Waals surface area contributed by atoms with Crippen molar-refractivity contribution >= 4 is 41.0 Å². The Hall–Kier alpha value is -1.74. The molecule has 8 nitrogen and oxygen atoms in total. The number of ketones is 2. The maximum atomic E-state index is 12.2. The van der Waals surface area contributed by atoms with Crippen LogP contribution in [0.25, 0.3) is 0 Å². The van der Waals surface area contributed by atoms with Crippen LogP contribution in [0.3, 0.4) is 0 Å². The second kappa shape index (κ2) is 13.5. The van der Waals surface area contributed by atoms with Gasteiger partial charge in [-0.05, 0) is 32.6 Å². The molecular formula is C20H33N3O5S. The van der Waals surface area contributed by atoms with Gasteiger partial charge in [-0.2, -0.15) is 0 Å². The number of carbonyl (C=O) groups excluding carboxylic acids is 5. The SMILES string of the molecule is CNCCNC(=O)C(CC(C)=O)CC(=O)CCCCCSC1CC(=O)N(C)C1=O. The molecule has 9 heteroatoms. The third kappa shape index (κ3) is 9.54. The Bertz CT molecular complexity index is 611. The molecule has 1 rings (SSSR count). The monoisotopic (exact) mass is 427 g/mol. The Labute approximate surface area is 176 Å². The maximum absolute atomic E-state index is 12.2. The van der Waals surface area contributed by atoms with Gasteiger partial charge in [-0.3, -0.25) is 24.1 Å². The zero-order chi connectivity index (χ0) is 21.8. The lowest BCUT2D eigenvalue weighted by Gasteiger charge is -2.15. The summed E-state index contributed by atoms with van der Waals surface area (Å²) in [6, 6.07) is 0. The zero-order valence-corrected chi connectivity index (χ0v) is 18.4. The maximum Gasteiger partial charge on any atom is 0.242 e. The molecule has 2 N–H and O–H groups in total. The number of nitrogens with one attached hydrogen (secondary N) is 2. The third-order valence-corrected chi connectivity index (χ3v) is 6.11. The molecule has 0 saturated carbocycles. The van der Waals surface area contributed by atoms with Crippen molar-refractivity contribution in [1.29, 1.82) is 0 Å². The van der Waals surface area contributed by atoms with Crippen LogP contribution in [0.1, 0.15) is 51.9 Å². The van der Waals surface area contributed by atoms with E-state index in [1.54, 1.807) is 7.05 Å². The number of unbranched alkanes of at least 4 members (excludes halogenated alkanes) is 2. The number of carbonyl (C=O) groups is 5. The summed E-state index contributed by atoms with van der Waals surface area (Å²) in [6.45, 7) is 2.51. The van der Waals surface area contributed by atoms with Crippen molar-refractivity contribution in [2.45, 2.75) is 57.1 Å². The summed E-state index contributed by atoms with van der Waals surface area (Å²) in [5.41, 5.74) is 0. The fraction of sp³-hybridized carbons (Fsp3) is 0.750. The summed E-state index contributed by atoms with van der Waals surface area (Å²) in [5.74, 6) is -0.448. The van der Waals surface area contributed by atoms with E-state index in [4.69, 9.17) is 0 Å². The Balaban J connectivity index is 2.24. The van der Waals surface area contributed by atoms with Crippen LogP contribution >= 0.6 is 11.8 Å². The van der Waals surface area contributed by atoms with Gasteiger partial charge in [0, 0.05) is 45.8 Å². The first-order valence-corrected chi connectivity index (χ1v) is 11.2. The number of imide groups is 1. The van der Waals surface area contributed by atoms with Crippen LogP contribution in [-0.4, -0.2) is 72.4 Å². The van der Waals surface area contributed by atoms with Gasteiger partial charge < -0.3 is 15.4 Å². The first kappa shape index (κ1) is 25.3. The lowest BCUT2D eigenvalue weighted by molar-refractivity contribution is -0.136. The van der Waals surface area contributed by atoms with Crippen molar-refractivity contribution in [1.82, 2.24) is 15.5 Å².